The molecule has 1 aliphatic rings. The molecule has 0 bridgehead atoms. The Hall–Kier alpha value is -1.39. The van der Waals surface area contributed by atoms with Crippen LogP contribution >= 0.6 is 0 Å². The standard InChI is InChI=1S/C15H23N3O/c1-11-4-5-12(2)14(10-11)18-9-8-17(3)13(6-7-16)15(18)19/h4-5,10,13H,6-9,16H2,1-3H3. The first-order chi connectivity index (χ1) is 9.04. The predicted molar refractivity (Wildman–Crippen MR) is 78.4 cm³/mol. The van der Waals surface area contributed by atoms with E-state index in [1.165, 1.54) is 5.56 Å². The largest absolute Gasteiger partial charge is 0.330 e. The molecule has 1 amide bonds. The van der Waals surface area contributed by atoms with Gasteiger partial charge in [-0.2, -0.15) is 0 Å². The molecule has 2 rings (SSSR count). The fraction of sp³-hybridized carbons (Fsp3) is 0.533. The molecule has 1 fully saturated rings. The molecule has 4 heteroatoms. The van der Waals surface area contributed by atoms with E-state index in [0.29, 0.717) is 6.54 Å². The van der Waals surface area contributed by atoms with Gasteiger partial charge in [-0.15, -0.1) is 0 Å². The number of rotatable bonds is 3. The third kappa shape index (κ3) is 2.80. The van der Waals surface area contributed by atoms with Crippen LogP contribution in [0.15, 0.2) is 18.2 Å². The Labute approximate surface area is 115 Å². The Balaban J connectivity index is 2.29. The third-order valence-electron chi connectivity index (χ3n) is 3.86. The minimum atomic E-state index is -0.0846. The fourth-order valence-electron chi connectivity index (χ4n) is 2.64. The van der Waals surface area contributed by atoms with E-state index in [1.807, 2.05) is 11.9 Å². The Bertz CT molecular complexity index is 472. The van der Waals surface area contributed by atoms with Gasteiger partial charge in [-0.05, 0) is 51.1 Å². The second kappa shape index (κ2) is 5.72. The van der Waals surface area contributed by atoms with Gasteiger partial charge in [0.2, 0.25) is 5.91 Å². The number of aryl methyl sites for hydroxylation is 2. The minimum Gasteiger partial charge on any atom is -0.330 e. The highest BCUT2D eigenvalue weighted by atomic mass is 16.2. The molecule has 1 atom stereocenters. The number of anilines is 1. The van der Waals surface area contributed by atoms with Crippen LogP contribution in [0.1, 0.15) is 17.5 Å². The van der Waals surface area contributed by atoms with Gasteiger partial charge in [0.25, 0.3) is 0 Å². The van der Waals surface area contributed by atoms with Crippen molar-refractivity contribution in [3.8, 4) is 0 Å². The molecule has 1 aliphatic heterocycles. The molecule has 1 heterocycles. The van der Waals surface area contributed by atoms with Crippen LogP contribution in [0.3, 0.4) is 0 Å². The first kappa shape index (κ1) is 14.0. The number of nitrogens with zero attached hydrogens (tertiary/aromatic N) is 2. The molecule has 0 aliphatic carbocycles. The molecule has 0 radical (unpaired) electrons. The summed E-state index contributed by atoms with van der Waals surface area (Å²) in [4.78, 5) is 16.6. The molecule has 0 aromatic heterocycles. The summed E-state index contributed by atoms with van der Waals surface area (Å²) in [5.41, 5.74) is 9.00. The Kier molecular flexibility index (Phi) is 4.22. The van der Waals surface area contributed by atoms with Gasteiger partial charge in [-0.3, -0.25) is 9.69 Å². The van der Waals surface area contributed by atoms with Crippen LogP contribution in [0.2, 0.25) is 0 Å². The van der Waals surface area contributed by atoms with Gasteiger partial charge in [0, 0.05) is 18.8 Å². The zero-order valence-electron chi connectivity index (χ0n) is 12.0. The zero-order valence-corrected chi connectivity index (χ0v) is 12.0. The van der Waals surface area contributed by atoms with Crippen LogP contribution in [0.4, 0.5) is 5.69 Å². The minimum absolute atomic E-state index is 0.0846. The van der Waals surface area contributed by atoms with Gasteiger partial charge in [-0.1, -0.05) is 12.1 Å². The summed E-state index contributed by atoms with van der Waals surface area (Å²) in [5.74, 6) is 0.174. The van der Waals surface area contributed by atoms with Crippen LogP contribution in [-0.4, -0.2) is 43.5 Å². The summed E-state index contributed by atoms with van der Waals surface area (Å²) in [6.45, 7) is 6.30. The molecule has 1 unspecified atom stereocenters. The first-order valence-electron chi connectivity index (χ1n) is 6.83. The van der Waals surface area contributed by atoms with Crippen molar-refractivity contribution in [3.63, 3.8) is 0 Å². The van der Waals surface area contributed by atoms with Crippen molar-refractivity contribution in [2.24, 2.45) is 5.73 Å². The van der Waals surface area contributed by atoms with E-state index < -0.39 is 0 Å². The maximum Gasteiger partial charge on any atom is 0.244 e. The maximum absolute atomic E-state index is 12.6. The van der Waals surface area contributed by atoms with Crippen LogP contribution in [0, 0.1) is 13.8 Å². The van der Waals surface area contributed by atoms with Gasteiger partial charge in [0.15, 0.2) is 0 Å². The van der Waals surface area contributed by atoms with Gasteiger partial charge in [-0.25, -0.2) is 0 Å². The second-order valence-electron chi connectivity index (χ2n) is 5.35. The van der Waals surface area contributed by atoms with E-state index in [4.69, 9.17) is 5.73 Å². The molecule has 1 saturated heterocycles. The highest BCUT2D eigenvalue weighted by Crippen LogP contribution is 2.25. The van der Waals surface area contributed by atoms with E-state index >= 15 is 0 Å². The van der Waals surface area contributed by atoms with E-state index in [-0.39, 0.29) is 11.9 Å². The molecule has 19 heavy (non-hydrogen) atoms. The Morgan fingerprint density at radius 3 is 2.74 bits per heavy atom. The average molecular weight is 261 g/mol. The summed E-state index contributed by atoms with van der Waals surface area (Å²) < 4.78 is 0. The fourth-order valence-corrected chi connectivity index (χ4v) is 2.64. The number of hydrogen-bond donors (Lipinski definition) is 1. The van der Waals surface area contributed by atoms with Gasteiger partial charge < -0.3 is 10.6 Å². The van der Waals surface area contributed by atoms with Crippen molar-refractivity contribution in [2.75, 3.05) is 31.6 Å². The lowest BCUT2D eigenvalue weighted by Crippen LogP contribution is -2.56. The topological polar surface area (TPSA) is 49.6 Å². The normalized spacial score (nSPS) is 20.9. The Morgan fingerprint density at radius 2 is 2.05 bits per heavy atom. The first-order valence-corrected chi connectivity index (χ1v) is 6.83. The monoisotopic (exact) mass is 261 g/mol. The van der Waals surface area contributed by atoms with Crippen LogP contribution in [0.5, 0.6) is 0 Å². The van der Waals surface area contributed by atoms with Gasteiger partial charge in [0.1, 0.15) is 0 Å². The molecular formula is C15H23N3O. The van der Waals surface area contributed by atoms with Gasteiger partial charge in [0.05, 0.1) is 6.04 Å². The quantitative estimate of drug-likeness (QED) is 0.892. The van der Waals surface area contributed by atoms with E-state index in [9.17, 15) is 4.79 Å². The summed E-state index contributed by atoms with van der Waals surface area (Å²) in [6.07, 6.45) is 0.719. The lowest BCUT2D eigenvalue weighted by Gasteiger charge is -2.39. The molecule has 2 N–H and O–H groups in total. The lowest BCUT2D eigenvalue weighted by atomic mass is 10.0. The van der Waals surface area contributed by atoms with Crippen molar-refractivity contribution in [1.29, 1.82) is 0 Å². The molecule has 4 nitrogen and oxygen atoms in total. The van der Waals surface area contributed by atoms with Crippen LogP contribution in [-0.2, 0) is 4.79 Å². The summed E-state index contributed by atoms with van der Waals surface area (Å²) >= 11 is 0. The van der Waals surface area contributed by atoms with Crippen molar-refractivity contribution in [2.45, 2.75) is 26.3 Å². The number of hydrogen-bond acceptors (Lipinski definition) is 3. The Morgan fingerprint density at radius 1 is 1.32 bits per heavy atom. The van der Waals surface area contributed by atoms with Crippen molar-refractivity contribution in [1.82, 2.24) is 4.90 Å². The molecule has 1 aromatic carbocycles. The lowest BCUT2D eigenvalue weighted by molar-refractivity contribution is -0.125. The zero-order chi connectivity index (χ0) is 14.0. The van der Waals surface area contributed by atoms with Gasteiger partial charge >= 0.3 is 0 Å². The number of carbonyl (C=O) groups excluding carboxylic acids is 1. The smallest absolute Gasteiger partial charge is 0.244 e. The molecular weight excluding hydrogens is 238 g/mol. The van der Waals surface area contributed by atoms with Crippen LogP contribution in [0.25, 0.3) is 0 Å². The maximum atomic E-state index is 12.6. The summed E-state index contributed by atoms with van der Waals surface area (Å²) in [6, 6.07) is 6.17. The number of carbonyl (C=O) groups is 1. The molecule has 0 spiro atoms. The summed E-state index contributed by atoms with van der Waals surface area (Å²) in [5, 5.41) is 0. The number of likely N-dealkylation sites (N-methyl/N-ethyl adjacent to an activating group) is 1. The number of amides is 1. The van der Waals surface area contributed by atoms with Crippen molar-refractivity contribution < 1.29 is 4.79 Å². The molecule has 1 aromatic rings. The van der Waals surface area contributed by atoms with Crippen LogP contribution < -0.4 is 10.6 Å². The predicted octanol–water partition coefficient (Wildman–Crippen LogP) is 1.30. The molecule has 0 saturated carbocycles. The number of nitrogens with two attached hydrogens (primary N) is 1. The number of piperazine rings is 1. The van der Waals surface area contributed by atoms with Crippen molar-refractivity contribution >= 4 is 11.6 Å². The van der Waals surface area contributed by atoms with E-state index in [1.54, 1.807) is 0 Å². The highest BCUT2D eigenvalue weighted by Gasteiger charge is 2.33. The molecule has 104 valence electrons. The van der Waals surface area contributed by atoms with Crippen molar-refractivity contribution in [3.05, 3.63) is 29.3 Å². The summed E-state index contributed by atoms with van der Waals surface area (Å²) in [7, 11) is 2.00. The average Bonchev–Trinajstić information content (AvgIpc) is 2.38. The third-order valence-corrected chi connectivity index (χ3v) is 3.86. The SMILES string of the molecule is Cc1ccc(C)c(N2CCN(C)C(CCN)C2=O)c1. The highest BCUT2D eigenvalue weighted by molar-refractivity contribution is 5.98. The van der Waals surface area contributed by atoms with E-state index in [0.717, 1.165) is 30.8 Å². The second-order valence-corrected chi connectivity index (χ2v) is 5.35. The van der Waals surface area contributed by atoms with E-state index in [2.05, 4.69) is 36.9 Å². The number of benzene rings is 1.